The Morgan fingerprint density at radius 1 is 1.35 bits per heavy atom. The molecular formula is C22H26N4O4S. The fraction of sp³-hybridized carbons (Fsp3) is 0.409. The first-order chi connectivity index (χ1) is 15.1. The second-order valence-electron chi connectivity index (χ2n) is 7.34. The lowest BCUT2D eigenvalue weighted by atomic mass is 10.2. The highest BCUT2D eigenvalue weighted by atomic mass is 32.2. The lowest BCUT2D eigenvalue weighted by Gasteiger charge is -2.15. The van der Waals surface area contributed by atoms with Gasteiger partial charge in [0.2, 0.25) is 5.91 Å². The second-order valence-corrected chi connectivity index (χ2v) is 8.65. The third-order valence-electron chi connectivity index (χ3n) is 5.12. The Morgan fingerprint density at radius 3 is 3.00 bits per heavy atom. The molecule has 31 heavy (non-hydrogen) atoms. The largest absolute Gasteiger partial charge is 0.497 e. The summed E-state index contributed by atoms with van der Waals surface area (Å²) in [4.78, 5) is 12.6. The molecule has 3 aromatic rings. The molecule has 1 aromatic carbocycles. The number of rotatable bonds is 9. The van der Waals surface area contributed by atoms with Crippen molar-refractivity contribution in [1.29, 1.82) is 0 Å². The van der Waals surface area contributed by atoms with Crippen molar-refractivity contribution in [2.24, 2.45) is 0 Å². The number of benzene rings is 1. The zero-order valence-corrected chi connectivity index (χ0v) is 18.4. The zero-order chi connectivity index (χ0) is 21.6. The van der Waals surface area contributed by atoms with Crippen LogP contribution in [-0.2, 0) is 16.1 Å². The van der Waals surface area contributed by atoms with E-state index in [1.165, 1.54) is 11.8 Å². The van der Waals surface area contributed by atoms with Gasteiger partial charge in [-0.3, -0.25) is 9.36 Å². The van der Waals surface area contributed by atoms with Crippen molar-refractivity contribution in [3.05, 3.63) is 48.4 Å². The number of methoxy groups -OCH3 is 1. The van der Waals surface area contributed by atoms with E-state index in [4.69, 9.17) is 13.9 Å². The molecule has 8 nitrogen and oxygen atoms in total. The Hall–Kier alpha value is -2.78. The summed E-state index contributed by atoms with van der Waals surface area (Å²) in [6, 6.07) is 11.4. The van der Waals surface area contributed by atoms with Crippen LogP contribution in [0.25, 0.3) is 11.4 Å². The van der Waals surface area contributed by atoms with Gasteiger partial charge in [0.25, 0.3) is 0 Å². The van der Waals surface area contributed by atoms with Crippen LogP contribution in [0.4, 0.5) is 0 Å². The maximum absolute atomic E-state index is 12.6. The van der Waals surface area contributed by atoms with E-state index in [0.717, 1.165) is 36.5 Å². The van der Waals surface area contributed by atoms with Gasteiger partial charge in [-0.15, -0.1) is 10.2 Å². The van der Waals surface area contributed by atoms with Crippen LogP contribution in [-0.4, -0.2) is 52.3 Å². The fourth-order valence-electron chi connectivity index (χ4n) is 3.43. The molecule has 1 fully saturated rings. The Bertz CT molecular complexity index is 999. The average Bonchev–Trinajstić information content (AvgIpc) is 3.56. The molecule has 0 unspecified atom stereocenters. The predicted octanol–water partition coefficient (Wildman–Crippen LogP) is 3.37. The standard InChI is InChI=1S/C22H26N4O4S/c1-15(21(27)23-13-18-8-4-10-29-18)31-22-25-24-20(16-6-3-7-17(12-16)28-2)26(22)14-19-9-5-11-30-19/h3,5-7,9,11-12,15,18H,4,8,10,13-14H2,1-2H3,(H,23,27)/t15-,18+/m0/s1. The monoisotopic (exact) mass is 442 g/mol. The molecule has 0 bridgehead atoms. The lowest BCUT2D eigenvalue weighted by Crippen LogP contribution is -2.36. The van der Waals surface area contributed by atoms with Gasteiger partial charge in [-0.1, -0.05) is 23.9 Å². The molecule has 1 aliphatic rings. The van der Waals surface area contributed by atoms with Crippen molar-refractivity contribution in [1.82, 2.24) is 20.1 Å². The van der Waals surface area contributed by atoms with Crippen molar-refractivity contribution in [2.45, 2.75) is 42.8 Å². The molecule has 0 aliphatic carbocycles. The number of hydrogen-bond donors (Lipinski definition) is 1. The minimum absolute atomic E-state index is 0.0454. The van der Waals surface area contributed by atoms with Crippen LogP contribution in [0.3, 0.4) is 0 Å². The molecule has 0 spiro atoms. The molecule has 3 heterocycles. The van der Waals surface area contributed by atoms with Crippen molar-refractivity contribution in [3.63, 3.8) is 0 Å². The van der Waals surface area contributed by atoms with Crippen molar-refractivity contribution >= 4 is 17.7 Å². The molecule has 2 aromatic heterocycles. The minimum Gasteiger partial charge on any atom is -0.497 e. The minimum atomic E-state index is -0.334. The van der Waals surface area contributed by atoms with Gasteiger partial charge in [-0.05, 0) is 44.0 Å². The molecule has 1 amide bonds. The summed E-state index contributed by atoms with van der Waals surface area (Å²) in [7, 11) is 1.63. The molecule has 2 atom stereocenters. The SMILES string of the molecule is COc1cccc(-c2nnc(S[C@@H](C)C(=O)NC[C@H]3CCCO3)n2Cc2ccco2)c1. The summed E-state index contributed by atoms with van der Waals surface area (Å²) in [5.74, 6) is 2.16. The van der Waals surface area contributed by atoms with Gasteiger partial charge in [0.1, 0.15) is 11.5 Å². The van der Waals surface area contributed by atoms with Gasteiger partial charge in [-0.2, -0.15) is 0 Å². The molecule has 9 heteroatoms. The highest BCUT2D eigenvalue weighted by molar-refractivity contribution is 8.00. The van der Waals surface area contributed by atoms with E-state index < -0.39 is 0 Å². The number of nitrogens with zero attached hydrogens (tertiary/aromatic N) is 3. The topological polar surface area (TPSA) is 91.4 Å². The third kappa shape index (κ3) is 5.29. The smallest absolute Gasteiger partial charge is 0.233 e. The van der Waals surface area contributed by atoms with Crippen LogP contribution >= 0.6 is 11.8 Å². The van der Waals surface area contributed by atoms with E-state index in [2.05, 4.69) is 15.5 Å². The molecule has 164 valence electrons. The van der Waals surface area contributed by atoms with E-state index in [0.29, 0.717) is 24.1 Å². The molecule has 4 rings (SSSR count). The quantitative estimate of drug-likeness (QED) is 0.508. The van der Waals surface area contributed by atoms with E-state index in [-0.39, 0.29) is 17.3 Å². The number of carbonyl (C=O) groups excluding carboxylic acids is 1. The maximum atomic E-state index is 12.6. The van der Waals surface area contributed by atoms with Crippen LogP contribution in [0.1, 0.15) is 25.5 Å². The van der Waals surface area contributed by atoms with Gasteiger partial charge >= 0.3 is 0 Å². The summed E-state index contributed by atoms with van der Waals surface area (Å²) in [6.07, 6.45) is 3.79. The lowest BCUT2D eigenvalue weighted by molar-refractivity contribution is -0.120. The van der Waals surface area contributed by atoms with Crippen LogP contribution in [0.15, 0.2) is 52.2 Å². The van der Waals surface area contributed by atoms with E-state index in [9.17, 15) is 4.79 Å². The predicted molar refractivity (Wildman–Crippen MR) is 117 cm³/mol. The Balaban J connectivity index is 1.53. The number of ether oxygens (including phenoxy) is 2. The first-order valence-electron chi connectivity index (χ1n) is 10.3. The van der Waals surface area contributed by atoms with Crippen LogP contribution in [0.5, 0.6) is 5.75 Å². The van der Waals surface area contributed by atoms with Crippen LogP contribution in [0, 0.1) is 0 Å². The normalized spacial score (nSPS) is 16.9. The Kier molecular flexibility index (Phi) is 6.93. The van der Waals surface area contributed by atoms with Crippen LogP contribution < -0.4 is 10.1 Å². The molecule has 0 saturated carbocycles. The highest BCUT2D eigenvalue weighted by Gasteiger charge is 2.23. The molecule has 1 aliphatic heterocycles. The van der Waals surface area contributed by atoms with Gasteiger partial charge in [0.05, 0.1) is 31.3 Å². The van der Waals surface area contributed by atoms with Gasteiger partial charge in [0, 0.05) is 18.7 Å². The summed E-state index contributed by atoms with van der Waals surface area (Å²) in [5.41, 5.74) is 0.876. The highest BCUT2D eigenvalue weighted by Crippen LogP contribution is 2.29. The molecule has 0 radical (unpaired) electrons. The average molecular weight is 443 g/mol. The number of hydrogen-bond acceptors (Lipinski definition) is 7. The number of thioether (sulfide) groups is 1. The second kappa shape index (κ2) is 10.0. The summed E-state index contributed by atoms with van der Waals surface area (Å²) < 4.78 is 18.4. The first-order valence-corrected chi connectivity index (χ1v) is 11.2. The van der Waals surface area contributed by atoms with Crippen molar-refractivity contribution in [3.8, 4) is 17.1 Å². The van der Waals surface area contributed by atoms with Gasteiger partial charge in [-0.25, -0.2) is 0 Å². The van der Waals surface area contributed by atoms with Gasteiger partial charge < -0.3 is 19.2 Å². The van der Waals surface area contributed by atoms with E-state index >= 15 is 0 Å². The summed E-state index contributed by atoms with van der Waals surface area (Å²) in [6.45, 7) is 3.64. The number of nitrogens with one attached hydrogen (secondary N) is 1. The molecular weight excluding hydrogens is 416 g/mol. The number of furan rings is 1. The first kappa shape index (κ1) is 21.5. The fourth-order valence-corrected chi connectivity index (χ4v) is 4.30. The molecule has 1 saturated heterocycles. The van der Waals surface area contributed by atoms with Gasteiger partial charge in [0.15, 0.2) is 11.0 Å². The Labute approximate surface area is 185 Å². The third-order valence-corrected chi connectivity index (χ3v) is 6.20. The van der Waals surface area contributed by atoms with E-state index in [1.807, 2.05) is 47.9 Å². The summed E-state index contributed by atoms with van der Waals surface area (Å²) >= 11 is 1.37. The number of amides is 1. The van der Waals surface area contributed by atoms with Crippen LogP contribution in [0.2, 0.25) is 0 Å². The zero-order valence-electron chi connectivity index (χ0n) is 17.6. The summed E-state index contributed by atoms with van der Waals surface area (Å²) in [5, 5.41) is 12.1. The van der Waals surface area contributed by atoms with Crippen molar-refractivity contribution < 1.29 is 18.7 Å². The van der Waals surface area contributed by atoms with E-state index in [1.54, 1.807) is 13.4 Å². The maximum Gasteiger partial charge on any atom is 0.233 e. The molecule has 1 N–H and O–H groups in total. The number of aromatic nitrogens is 3. The van der Waals surface area contributed by atoms with Crippen molar-refractivity contribution in [2.75, 3.05) is 20.3 Å². The number of carbonyl (C=O) groups is 1. The Morgan fingerprint density at radius 2 is 2.26 bits per heavy atom.